The van der Waals surface area contributed by atoms with E-state index in [1.54, 1.807) is 0 Å². The van der Waals surface area contributed by atoms with Gasteiger partial charge in [-0.3, -0.25) is 4.79 Å². The van der Waals surface area contributed by atoms with Crippen LogP contribution in [0.3, 0.4) is 0 Å². The average molecular weight is 261 g/mol. The molecule has 0 unspecified atom stereocenters. The molecular formula is C14H15NO2S. The maximum atomic E-state index is 12.3. The van der Waals surface area contributed by atoms with Gasteiger partial charge in [0.15, 0.2) is 0 Å². The van der Waals surface area contributed by atoms with E-state index < -0.39 is 0 Å². The fourth-order valence-corrected chi connectivity index (χ4v) is 3.16. The van der Waals surface area contributed by atoms with E-state index in [1.165, 1.54) is 0 Å². The summed E-state index contributed by atoms with van der Waals surface area (Å²) in [5.41, 5.74) is 1.61. The van der Waals surface area contributed by atoms with Gasteiger partial charge in [0, 0.05) is 35.5 Å². The first kappa shape index (κ1) is 11.7. The molecule has 0 saturated carbocycles. The highest BCUT2D eigenvalue weighted by Crippen LogP contribution is 2.21. The zero-order valence-electron chi connectivity index (χ0n) is 10.3. The molecule has 94 valence electrons. The number of fused-ring (bicyclic) bond motifs is 1. The molecule has 1 saturated heterocycles. The summed E-state index contributed by atoms with van der Waals surface area (Å²) in [7, 11) is 0. The second-order valence-electron chi connectivity index (χ2n) is 4.51. The lowest BCUT2D eigenvalue weighted by atomic mass is 10.1. The number of aryl methyl sites for hydroxylation is 1. The minimum absolute atomic E-state index is 0.135. The summed E-state index contributed by atoms with van der Waals surface area (Å²) in [6, 6.07) is 7.64. The average Bonchev–Trinajstić information content (AvgIpc) is 2.78. The van der Waals surface area contributed by atoms with Crippen molar-refractivity contribution in [1.29, 1.82) is 0 Å². The van der Waals surface area contributed by atoms with E-state index in [0.717, 1.165) is 46.9 Å². The quantitative estimate of drug-likeness (QED) is 0.791. The highest BCUT2D eigenvalue weighted by molar-refractivity contribution is 7.99. The Morgan fingerprint density at radius 2 is 2.06 bits per heavy atom. The van der Waals surface area contributed by atoms with Crippen LogP contribution in [0, 0.1) is 6.92 Å². The molecule has 0 bridgehead atoms. The first-order valence-electron chi connectivity index (χ1n) is 6.11. The van der Waals surface area contributed by atoms with Crippen molar-refractivity contribution >= 4 is 28.6 Å². The molecule has 0 aliphatic carbocycles. The standard InChI is InChI=1S/C14H15NO2S/c1-10-8-12-9-11(2-3-13(12)17-10)14(16)15-4-6-18-7-5-15/h2-3,8-9H,4-7H2,1H3. The lowest BCUT2D eigenvalue weighted by Gasteiger charge is -2.26. The van der Waals surface area contributed by atoms with Crippen LogP contribution < -0.4 is 0 Å². The third-order valence-corrected chi connectivity index (χ3v) is 4.13. The van der Waals surface area contributed by atoms with Crippen molar-refractivity contribution in [2.45, 2.75) is 6.92 Å². The molecule has 1 fully saturated rings. The van der Waals surface area contributed by atoms with E-state index in [9.17, 15) is 4.79 Å². The van der Waals surface area contributed by atoms with Crippen molar-refractivity contribution in [3.05, 3.63) is 35.6 Å². The summed E-state index contributed by atoms with van der Waals surface area (Å²) < 4.78 is 5.52. The van der Waals surface area contributed by atoms with Gasteiger partial charge in [0.2, 0.25) is 0 Å². The number of thioether (sulfide) groups is 1. The van der Waals surface area contributed by atoms with Crippen LogP contribution >= 0.6 is 11.8 Å². The second kappa shape index (κ2) is 4.69. The Kier molecular flexibility index (Phi) is 3.04. The monoisotopic (exact) mass is 261 g/mol. The van der Waals surface area contributed by atoms with Crippen LogP contribution in [0.25, 0.3) is 11.0 Å². The smallest absolute Gasteiger partial charge is 0.253 e. The third-order valence-electron chi connectivity index (χ3n) is 3.18. The molecule has 1 aromatic heterocycles. The van der Waals surface area contributed by atoms with E-state index in [-0.39, 0.29) is 5.91 Å². The first-order chi connectivity index (χ1) is 8.74. The molecular weight excluding hydrogens is 246 g/mol. The van der Waals surface area contributed by atoms with Crippen molar-refractivity contribution in [1.82, 2.24) is 4.90 Å². The Bertz CT molecular complexity index is 584. The molecule has 1 aromatic carbocycles. The number of nitrogens with zero attached hydrogens (tertiary/aromatic N) is 1. The third kappa shape index (κ3) is 2.12. The molecule has 2 heterocycles. The maximum absolute atomic E-state index is 12.3. The van der Waals surface area contributed by atoms with E-state index in [0.29, 0.717) is 0 Å². The molecule has 3 nitrogen and oxygen atoms in total. The lowest BCUT2D eigenvalue weighted by molar-refractivity contribution is 0.0772. The second-order valence-corrected chi connectivity index (χ2v) is 5.74. The number of hydrogen-bond acceptors (Lipinski definition) is 3. The Morgan fingerprint density at radius 1 is 1.28 bits per heavy atom. The largest absolute Gasteiger partial charge is 0.461 e. The minimum Gasteiger partial charge on any atom is -0.461 e. The van der Waals surface area contributed by atoms with Crippen LogP contribution in [-0.4, -0.2) is 35.4 Å². The zero-order valence-corrected chi connectivity index (χ0v) is 11.1. The van der Waals surface area contributed by atoms with Gasteiger partial charge in [-0.25, -0.2) is 0 Å². The number of benzene rings is 1. The number of amides is 1. The predicted molar refractivity (Wildman–Crippen MR) is 74.2 cm³/mol. The van der Waals surface area contributed by atoms with Gasteiger partial charge in [0.25, 0.3) is 5.91 Å². The van der Waals surface area contributed by atoms with Crippen molar-refractivity contribution in [3.8, 4) is 0 Å². The Balaban J connectivity index is 1.90. The number of hydrogen-bond donors (Lipinski definition) is 0. The molecule has 3 rings (SSSR count). The van der Waals surface area contributed by atoms with Gasteiger partial charge in [-0.05, 0) is 31.2 Å². The number of rotatable bonds is 1. The van der Waals surface area contributed by atoms with Crippen LogP contribution in [0.2, 0.25) is 0 Å². The lowest BCUT2D eigenvalue weighted by Crippen LogP contribution is -2.37. The van der Waals surface area contributed by atoms with Crippen molar-refractivity contribution in [2.75, 3.05) is 24.6 Å². The topological polar surface area (TPSA) is 33.5 Å². The summed E-state index contributed by atoms with van der Waals surface area (Å²) in [6.07, 6.45) is 0. The van der Waals surface area contributed by atoms with Crippen LogP contribution in [-0.2, 0) is 0 Å². The normalized spacial score (nSPS) is 16.2. The zero-order chi connectivity index (χ0) is 12.5. The van der Waals surface area contributed by atoms with Gasteiger partial charge >= 0.3 is 0 Å². The summed E-state index contributed by atoms with van der Waals surface area (Å²) in [5.74, 6) is 3.09. The fourth-order valence-electron chi connectivity index (χ4n) is 2.26. The number of furan rings is 1. The Labute approximate surface area is 110 Å². The molecule has 0 radical (unpaired) electrons. The van der Waals surface area contributed by atoms with E-state index >= 15 is 0 Å². The van der Waals surface area contributed by atoms with Crippen molar-refractivity contribution in [3.63, 3.8) is 0 Å². The Hall–Kier alpha value is -1.42. The van der Waals surface area contributed by atoms with E-state index in [2.05, 4.69) is 0 Å². The fraction of sp³-hybridized carbons (Fsp3) is 0.357. The molecule has 1 aliphatic heterocycles. The minimum atomic E-state index is 0.135. The molecule has 18 heavy (non-hydrogen) atoms. The summed E-state index contributed by atoms with van der Waals surface area (Å²) in [5, 5.41) is 1.00. The molecule has 0 spiro atoms. The molecule has 1 amide bonds. The van der Waals surface area contributed by atoms with Crippen LogP contribution in [0.15, 0.2) is 28.7 Å². The molecule has 0 N–H and O–H groups in total. The van der Waals surface area contributed by atoms with Gasteiger partial charge in [0.1, 0.15) is 11.3 Å². The van der Waals surface area contributed by atoms with Gasteiger partial charge in [-0.2, -0.15) is 11.8 Å². The number of carbonyl (C=O) groups excluding carboxylic acids is 1. The molecule has 0 atom stereocenters. The van der Waals surface area contributed by atoms with Crippen LogP contribution in [0.5, 0.6) is 0 Å². The van der Waals surface area contributed by atoms with Crippen LogP contribution in [0.1, 0.15) is 16.1 Å². The molecule has 1 aliphatic rings. The van der Waals surface area contributed by atoms with Gasteiger partial charge in [0.05, 0.1) is 0 Å². The highest BCUT2D eigenvalue weighted by atomic mass is 32.2. The summed E-state index contributed by atoms with van der Waals surface area (Å²) in [6.45, 7) is 3.63. The molecule has 2 aromatic rings. The van der Waals surface area contributed by atoms with Gasteiger partial charge in [-0.1, -0.05) is 0 Å². The van der Waals surface area contributed by atoms with Crippen molar-refractivity contribution in [2.24, 2.45) is 0 Å². The Morgan fingerprint density at radius 3 is 2.83 bits per heavy atom. The highest BCUT2D eigenvalue weighted by Gasteiger charge is 2.18. The maximum Gasteiger partial charge on any atom is 0.253 e. The summed E-state index contributed by atoms with van der Waals surface area (Å²) >= 11 is 1.91. The van der Waals surface area contributed by atoms with Gasteiger partial charge < -0.3 is 9.32 Å². The first-order valence-corrected chi connectivity index (χ1v) is 7.27. The number of carbonyl (C=O) groups is 1. The predicted octanol–water partition coefficient (Wildman–Crippen LogP) is 2.93. The summed E-state index contributed by atoms with van der Waals surface area (Å²) in [4.78, 5) is 14.3. The van der Waals surface area contributed by atoms with Crippen LogP contribution in [0.4, 0.5) is 0 Å². The SMILES string of the molecule is Cc1cc2cc(C(=O)N3CCSCC3)ccc2o1. The van der Waals surface area contributed by atoms with E-state index in [4.69, 9.17) is 4.42 Å². The van der Waals surface area contributed by atoms with Gasteiger partial charge in [-0.15, -0.1) is 0 Å². The van der Waals surface area contributed by atoms with Crippen molar-refractivity contribution < 1.29 is 9.21 Å². The van der Waals surface area contributed by atoms with E-state index in [1.807, 2.05) is 47.9 Å². The molecule has 4 heteroatoms.